The number of ether oxygens (including phenoxy) is 4. The van der Waals surface area contributed by atoms with Crippen molar-refractivity contribution >= 4 is 47.6 Å². The molecule has 0 heterocycles. The van der Waals surface area contributed by atoms with Crippen LogP contribution in [0.4, 0.5) is 242 Å². The number of hydrogen-bond donors (Lipinski definition) is 0. The Kier molecular flexibility index (Phi) is 44.6. The topological polar surface area (TPSA) is 192 Å². The molecule has 108 heavy (non-hydrogen) atoms. The van der Waals surface area contributed by atoms with E-state index >= 15 is 0 Å². The predicted molar refractivity (Wildman–Crippen MR) is 214 cm³/mol. The number of carbonyl (C=O) groups excluding carboxylic acids is 8. The van der Waals surface area contributed by atoms with Crippen molar-refractivity contribution in [3.8, 4) is 0 Å². The zero-order valence-electron chi connectivity index (χ0n) is 48.0. The number of esters is 2. The number of rotatable bonds is 25. The van der Waals surface area contributed by atoms with E-state index in [1.807, 2.05) is 9.88 Å². The van der Waals surface area contributed by atoms with Crippen molar-refractivity contribution in [3.63, 3.8) is 0 Å². The lowest BCUT2D eigenvalue weighted by molar-refractivity contribution is -0.482. The van der Waals surface area contributed by atoms with Crippen LogP contribution in [0.25, 0.3) is 0 Å². The Bertz CT molecular complexity index is 2880. The van der Waals surface area contributed by atoms with E-state index in [1.54, 1.807) is 4.74 Å². The zero-order chi connectivity index (χ0) is 90.0. The SMILES string of the molecule is CC(=O)OCC(=O)C(F)(F)F.CF.FC(F)C(F)(F)C(F)(F)C(F)(F)C(F)(F)C(F)F.FOC(=C(F)F)C(F)(F)F.O=C(OCC(=O)C(OC(F)(F)C(F)(F)C(F)(F)F)(C(F)(F)F)C(F)(F)F)C(OF)C(F)(F)F.O=C=C(F)F.O=C=C(F)F.O=COCC(=O)C(F)(F)C(F)(F)C(F)(F)C(F)(F)C(F)(F)C(F)F. The van der Waals surface area contributed by atoms with Crippen molar-refractivity contribution in [1.82, 2.24) is 0 Å². The first-order valence-corrected chi connectivity index (χ1v) is 22.2. The molecule has 0 amide bonds. The standard InChI is InChI=1S/C11H3F17O5.C9H4F12O3.C6H2F12.C5H5F3O3.C3F6O.2C2F2O.CH3F/c12-6(13,14)3(32-28)4(30)31-1-2(29)5(8(17,18)19,9(20,21)22)33-11(26,27)7(15,16)10(23,24)25;10-4(11)6(14,15)8(18,19)9(20,21)7(16,17)5(12,13)3(23)1-24-2-22;7-1(8)3(11,12)5(15,16)6(17,18)4(13,14)2(9)10;1-3(9)11-2-4(10)5(6,7)8;4-2(5)1(10-9)3(6,7)8;2*3-2(4)1-5;1-2/h3H,1H2;2,4H,1H2;1-2H;2H2,1H3;;;;1H3. The Morgan fingerprint density at radius 1 is 0.398 bits per heavy atom. The van der Waals surface area contributed by atoms with Crippen molar-refractivity contribution in [3.05, 3.63) is 24.0 Å². The fraction of sp³-hybridized carbons (Fsp3) is 0.692. The first kappa shape index (κ1) is 116. The lowest BCUT2D eigenvalue weighted by Gasteiger charge is -2.39. The molecule has 0 radical (unpaired) electrons. The maximum absolute atomic E-state index is 13.2. The van der Waals surface area contributed by atoms with Gasteiger partial charge in [0.15, 0.2) is 31.7 Å². The molecule has 0 fully saturated rings. The molecule has 0 aromatic rings. The number of alkyl halides is 47. The van der Waals surface area contributed by atoms with E-state index in [4.69, 9.17) is 9.59 Å². The van der Waals surface area contributed by atoms with Gasteiger partial charge >= 0.3 is 163 Å². The van der Waals surface area contributed by atoms with Crippen molar-refractivity contribution in [2.75, 3.05) is 27.0 Å². The highest BCUT2D eigenvalue weighted by Gasteiger charge is 2.90. The summed E-state index contributed by atoms with van der Waals surface area (Å²) < 4.78 is 671. The van der Waals surface area contributed by atoms with Crippen LogP contribution in [0.5, 0.6) is 0 Å². The van der Waals surface area contributed by atoms with Crippen LogP contribution in [0.15, 0.2) is 24.0 Å². The van der Waals surface area contributed by atoms with Gasteiger partial charge in [-0.05, 0) is 4.53 Å². The minimum absolute atomic E-state index is 0.361. The van der Waals surface area contributed by atoms with Crippen LogP contribution in [0, 0.1) is 0 Å². The van der Waals surface area contributed by atoms with Crippen LogP contribution in [-0.4, -0.2) is 208 Å². The van der Waals surface area contributed by atoms with Gasteiger partial charge in [0.1, 0.15) is 0 Å². The molecule has 69 heteroatoms. The first-order valence-electron chi connectivity index (χ1n) is 22.2. The van der Waals surface area contributed by atoms with Crippen molar-refractivity contribution in [2.45, 2.75) is 140 Å². The van der Waals surface area contributed by atoms with Gasteiger partial charge in [0.25, 0.3) is 18.4 Å². The summed E-state index contributed by atoms with van der Waals surface area (Å²) in [6.45, 7) is -6.74. The van der Waals surface area contributed by atoms with Gasteiger partial charge < -0.3 is 14.2 Å². The Balaban J connectivity index is -0.000000195. The van der Waals surface area contributed by atoms with Gasteiger partial charge in [-0.1, -0.05) is 0 Å². The van der Waals surface area contributed by atoms with E-state index in [0.29, 0.717) is 19.1 Å². The third kappa shape index (κ3) is 30.1. The number of ketones is 3. The molecule has 0 aliphatic heterocycles. The zero-order valence-corrected chi connectivity index (χ0v) is 48.0. The molecule has 0 saturated heterocycles. The lowest BCUT2D eigenvalue weighted by atomic mass is 9.92. The minimum Gasteiger partial charge on any atom is -0.460 e. The number of allylic oxidation sites excluding steroid dienone is 1. The van der Waals surface area contributed by atoms with Gasteiger partial charge in [0, 0.05) is 11.4 Å². The van der Waals surface area contributed by atoms with Crippen molar-refractivity contribution in [1.29, 1.82) is 0 Å². The second kappa shape index (κ2) is 41.6. The molecular formula is C39H17F55O14. The molecule has 0 aromatic heterocycles. The fourth-order valence-corrected chi connectivity index (χ4v) is 3.84. The first-order chi connectivity index (χ1) is 47.0. The summed E-state index contributed by atoms with van der Waals surface area (Å²) in [6.07, 6.45) is -76.0. The van der Waals surface area contributed by atoms with Gasteiger partial charge in [-0.25, -0.2) is 40.7 Å². The maximum Gasteiger partial charge on any atom is 0.462 e. The lowest BCUT2D eigenvalue weighted by Crippen LogP contribution is -2.70. The highest BCUT2D eigenvalue weighted by Crippen LogP contribution is 2.60. The average molecular weight is 1750 g/mol. The number of hydrogen-bond acceptors (Lipinski definition) is 14. The quantitative estimate of drug-likeness (QED) is 0.0209. The van der Waals surface area contributed by atoms with Crippen molar-refractivity contribution in [2.24, 2.45) is 0 Å². The molecule has 0 aliphatic rings. The van der Waals surface area contributed by atoms with E-state index in [0.717, 1.165) is 6.92 Å². The Hall–Kier alpha value is -8.07. The van der Waals surface area contributed by atoms with Gasteiger partial charge in [0.2, 0.25) is 11.6 Å². The maximum atomic E-state index is 13.2. The molecular weight excluding hydrogens is 1740 g/mol. The van der Waals surface area contributed by atoms with Crippen LogP contribution in [0.1, 0.15) is 6.92 Å². The second-order valence-corrected chi connectivity index (χ2v) is 16.0. The number of halogens is 55. The summed E-state index contributed by atoms with van der Waals surface area (Å²) in [5.41, 5.74) is -7.32. The number of Topliss-reactive ketones (excluding diaryl/α,β-unsaturated/α-hetero) is 3. The fourth-order valence-electron chi connectivity index (χ4n) is 3.84. The molecule has 0 saturated carbocycles. The van der Waals surface area contributed by atoms with Crippen LogP contribution in [0.2, 0.25) is 0 Å². The Morgan fingerprint density at radius 2 is 0.694 bits per heavy atom. The monoisotopic (exact) mass is 1750 g/mol. The molecule has 0 aromatic carbocycles. The van der Waals surface area contributed by atoms with Crippen LogP contribution in [-0.2, 0) is 67.2 Å². The van der Waals surface area contributed by atoms with Gasteiger partial charge in [-0.3, -0.25) is 38.0 Å². The highest BCUT2D eigenvalue weighted by atomic mass is 19.5. The smallest absolute Gasteiger partial charge is 0.460 e. The summed E-state index contributed by atoms with van der Waals surface area (Å²) in [5.74, 6) is -89.2. The molecule has 0 rings (SSSR count). The average Bonchev–Trinajstić information content (AvgIpc) is 0.727. The summed E-state index contributed by atoms with van der Waals surface area (Å²) in [7, 11) is 0.500. The molecule has 1 atom stereocenters. The van der Waals surface area contributed by atoms with E-state index in [2.05, 4.69) is 14.2 Å². The van der Waals surface area contributed by atoms with E-state index in [1.165, 1.54) is 0 Å². The van der Waals surface area contributed by atoms with Gasteiger partial charge in [0.05, 0.1) is 7.18 Å². The summed E-state index contributed by atoms with van der Waals surface area (Å²) in [5, 5.41) is 0. The van der Waals surface area contributed by atoms with E-state index < -0.39 is 213 Å². The molecule has 0 spiro atoms. The van der Waals surface area contributed by atoms with E-state index in [-0.39, 0.29) is 0 Å². The summed E-state index contributed by atoms with van der Waals surface area (Å²) >= 11 is 0. The summed E-state index contributed by atoms with van der Waals surface area (Å²) in [6, 6.07) is 0. The van der Waals surface area contributed by atoms with Crippen molar-refractivity contribution < 1.29 is 309 Å². The number of carbonyl (C=O) groups is 6. The summed E-state index contributed by atoms with van der Waals surface area (Å²) in [4.78, 5) is 83.3. The highest BCUT2D eigenvalue weighted by molar-refractivity contribution is 5.92. The minimum atomic E-state index is -7.80. The van der Waals surface area contributed by atoms with Gasteiger partial charge in [-0.15, -0.1) is 0 Å². The second-order valence-electron chi connectivity index (χ2n) is 16.0. The predicted octanol–water partition coefficient (Wildman–Crippen LogP) is 16.9. The van der Waals surface area contributed by atoms with E-state index in [9.17, 15) is 271 Å². The molecule has 14 nitrogen and oxygen atoms in total. The third-order valence-corrected chi connectivity index (χ3v) is 8.81. The van der Waals surface area contributed by atoms with Crippen LogP contribution >= 0.6 is 0 Å². The van der Waals surface area contributed by atoms with Gasteiger partial charge in [-0.2, -0.15) is 207 Å². The normalized spacial score (nSPS) is 13.5. The molecule has 0 aliphatic carbocycles. The molecule has 642 valence electrons. The molecule has 0 N–H and O–H groups in total. The molecule has 0 bridgehead atoms. The Morgan fingerprint density at radius 3 is 0.889 bits per heavy atom. The van der Waals surface area contributed by atoms with Crippen LogP contribution < -0.4 is 0 Å². The molecule has 1 unspecified atom stereocenters. The largest absolute Gasteiger partial charge is 0.462 e. The van der Waals surface area contributed by atoms with Crippen LogP contribution in [0.3, 0.4) is 0 Å². The third-order valence-electron chi connectivity index (χ3n) is 8.81. The Labute approximate surface area is 548 Å².